The molecule has 0 saturated heterocycles. The van der Waals surface area contributed by atoms with Crippen molar-refractivity contribution in [3.05, 3.63) is 53.9 Å². The van der Waals surface area contributed by atoms with E-state index in [-0.39, 0.29) is 0 Å². The van der Waals surface area contributed by atoms with E-state index in [1.165, 1.54) is 0 Å². The summed E-state index contributed by atoms with van der Waals surface area (Å²) in [5.41, 5.74) is 2.11. The van der Waals surface area contributed by atoms with Gasteiger partial charge in [0.05, 0.1) is 18.6 Å². The van der Waals surface area contributed by atoms with Crippen LogP contribution in [0.2, 0.25) is 0 Å². The van der Waals surface area contributed by atoms with Crippen LogP contribution in [0.5, 0.6) is 0 Å². The third kappa shape index (κ3) is 5.90. The SMILES string of the molecule is [C-]#[N+]c1ccc(-n2cncc2CN(C)CCNC(=O)OC(C)(C)C)cc1. The Labute approximate surface area is 154 Å². The first kappa shape index (κ1) is 19.5. The van der Waals surface area contributed by atoms with E-state index in [2.05, 4.69) is 20.0 Å². The molecule has 0 aliphatic carbocycles. The van der Waals surface area contributed by atoms with Crippen molar-refractivity contribution in [2.75, 3.05) is 20.1 Å². The number of hydrogen-bond donors (Lipinski definition) is 1. The summed E-state index contributed by atoms with van der Waals surface area (Å²) < 4.78 is 7.21. The molecule has 0 bridgehead atoms. The van der Waals surface area contributed by atoms with Crippen LogP contribution in [0.25, 0.3) is 10.5 Å². The summed E-state index contributed by atoms with van der Waals surface area (Å²) in [5.74, 6) is 0. The van der Waals surface area contributed by atoms with Gasteiger partial charge in [0, 0.05) is 31.5 Å². The van der Waals surface area contributed by atoms with Crippen LogP contribution in [-0.2, 0) is 11.3 Å². The summed E-state index contributed by atoms with van der Waals surface area (Å²) in [7, 11) is 1.98. The number of likely N-dealkylation sites (N-methyl/N-ethyl adjacent to an activating group) is 1. The molecule has 138 valence electrons. The Morgan fingerprint density at radius 2 is 2.04 bits per heavy atom. The summed E-state index contributed by atoms with van der Waals surface area (Å²) in [6, 6.07) is 7.40. The molecule has 0 spiro atoms. The van der Waals surface area contributed by atoms with Crippen molar-refractivity contribution >= 4 is 11.8 Å². The summed E-state index contributed by atoms with van der Waals surface area (Å²) in [6.45, 7) is 14.4. The van der Waals surface area contributed by atoms with E-state index in [1.54, 1.807) is 18.5 Å². The molecule has 2 aromatic rings. The highest BCUT2D eigenvalue weighted by Gasteiger charge is 2.15. The van der Waals surface area contributed by atoms with Crippen molar-refractivity contribution < 1.29 is 9.53 Å². The Balaban J connectivity index is 1.88. The molecule has 1 aromatic heterocycles. The average molecular weight is 355 g/mol. The van der Waals surface area contributed by atoms with Crippen LogP contribution in [0.3, 0.4) is 0 Å². The number of carbonyl (C=O) groups excluding carboxylic acids is 1. The van der Waals surface area contributed by atoms with E-state index >= 15 is 0 Å². The van der Waals surface area contributed by atoms with Gasteiger partial charge in [-0.1, -0.05) is 12.1 Å². The number of carbonyl (C=O) groups is 1. The molecule has 1 heterocycles. The van der Waals surface area contributed by atoms with Crippen LogP contribution >= 0.6 is 0 Å². The second-order valence-corrected chi connectivity index (χ2v) is 7.05. The first-order valence-electron chi connectivity index (χ1n) is 8.43. The highest BCUT2D eigenvalue weighted by atomic mass is 16.6. The van der Waals surface area contributed by atoms with Crippen LogP contribution in [0, 0.1) is 6.57 Å². The Morgan fingerprint density at radius 1 is 1.35 bits per heavy atom. The number of ether oxygens (including phenoxy) is 1. The highest BCUT2D eigenvalue weighted by Crippen LogP contribution is 2.17. The van der Waals surface area contributed by atoms with Gasteiger partial charge in [-0.2, -0.15) is 0 Å². The lowest BCUT2D eigenvalue weighted by atomic mass is 10.2. The molecule has 7 heteroatoms. The van der Waals surface area contributed by atoms with Gasteiger partial charge in [0.15, 0.2) is 5.69 Å². The first-order valence-corrected chi connectivity index (χ1v) is 8.43. The molecule has 0 aliphatic heterocycles. The van der Waals surface area contributed by atoms with Gasteiger partial charge in [0.25, 0.3) is 0 Å². The Hall–Kier alpha value is -2.85. The van der Waals surface area contributed by atoms with Gasteiger partial charge >= 0.3 is 6.09 Å². The van der Waals surface area contributed by atoms with E-state index < -0.39 is 11.7 Å². The number of benzene rings is 1. The fourth-order valence-corrected chi connectivity index (χ4v) is 2.38. The third-order valence-electron chi connectivity index (χ3n) is 3.57. The second kappa shape index (κ2) is 8.50. The van der Waals surface area contributed by atoms with Crippen molar-refractivity contribution in [1.29, 1.82) is 0 Å². The number of imidazole rings is 1. The van der Waals surface area contributed by atoms with E-state index in [4.69, 9.17) is 11.3 Å². The molecule has 0 aliphatic rings. The maximum Gasteiger partial charge on any atom is 0.407 e. The number of hydrogen-bond acceptors (Lipinski definition) is 4. The minimum Gasteiger partial charge on any atom is -0.444 e. The topological polar surface area (TPSA) is 63.8 Å². The zero-order valence-electron chi connectivity index (χ0n) is 15.7. The van der Waals surface area contributed by atoms with Gasteiger partial charge in [0.1, 0.15) is 5.60 Å². The minimum absolute atomic E-state index is 0.407. The molecule has 0 saturated carbocycles. The summed E-state index contributed by atoms with van der Waals surface area (Å²) >= 11 is 0. The maximum absolute atomic E-state index is 11.7. The molecular formula is C19H25N5O2. The highest BCUT2D eigenvalue weighted by molar-refractivity contribution is 5.67. The first-order chi connectivity index (χ1) is 12.3. The number of aromatic nitrogens is 2. The molecule has 1 amide bonds. The predicted octanol–water partition coefficient (Wildman–Crippen LogP) is 3.38. The van der Waals surface area contributed by atoms with E-state index in [0.717, 1.165) is 11.4 Å². The van der Waals surface area contributed by atoms with Crippen LogP contribution < -0.4 is 5.32 Å². The van der Waals surface area contributed by atoms with Crippen LogP contribution in [0.4, 0.5) is 10.5 Å². The summed E-state index contributed by atoms with van der Waals surface area (Å²) in [4.78, 5) is 21.4. The molecule has 0 radical (unpaired) electrons. The fraction of sp³-hybridized carbons (Fsp3) is 0.421. The molecule has 1 aromatic carbocycles. The van der Waals surface area contributed by atoms with E-state index in [0.29, 0.717) is 25.3 Å². The summed E-state index contributed by atoms with van der Waals surface area (Å²) in [6.07, 6.45) is 3.17. The third-order valence-corrected chi connectivity index (χ3v) is 3.57. The number of alkyl carbamates (subject to hydrolysis) is 1. The van der Waals surface area contributed by atoms with E-state index in [1.807, 2.05) is 50.7 Å². The number of nitrogens with one attached hydrogen (secondary N) is 1. The number of amides is 1. The summed E-state index contributed by atoms with van der Waals surface area (Å²) in [5, 5.41) is 2.76. The van der Waals surface area contributed by atoms with E-state index in [9.17, 15) is 4.79 Å². The molecule has 0 unspecified atom stereocenters. The lowest BCUT2D eigenvalue weighted by Crippen LogP contribution is -2.36. The zero-order chi connectivity index (χ0) is 19.2. The second-order valence-electron chi connectivity index (χ2n) is 7.05. The zero-order valence-corrected chi connectivity index (χ0v) is 15.7. The minimum atomic E-state index is -0.495. The van der Waals surface area contributed by atoms with Gasteiger partial charge in [-0.05, 0) is 40.0 Å². The largest absolute Gasteiger partial charge is 0.444 e. The molecular weight excluding hydrogens is 330 g/mol. The van der Waals surface area contributed by atoms with Crippen molar-refractivity contribution in [1.82, 2.24) is 19.8 Å². The van der Waals surface area contributed by atoms with Crippen LogP contribution in [0.1, 0.15) is 26.5 Å². The molecule has 26 heavy (non-hydrogen) atoms. The van der Waals surface area contributed by atoms with Crippen LogP contribution in [0.15, 0.2) is 36.8 Å². The number of rotatable bonds is 6. The van der Waals surface area contributed by atoms with Crippen LogP contribution in [-0.4, -0.2) is 46.3 Å². The van der Waals surface area contributed by atoms with Crippen molar-refractivity contribution in [2.24, 2.45) is 0 Å². The van der Waals surface area contributed by atoms with Gasteiger partial charge in [-0.15, -0.1) is 0 Å². The molecule has 0 atom stereocenters. The van der Waals surface area contributed by atoms with Crippen molar-refractivity contribution in [2.45, 2.75) is 32.9 Å². The Bertz CT molecular complexity index is 768. The normalized spacial score (nSPS) is 11.2. The van der Waals surface area contributed by atoms with Gasteiger partial charge in [-0.3, -0.25) is 4.90 Å². The van der Waals surface area contributed by atoms with Crippen molar-refractivity contribution in [3.8, 4) is 5.69 Å². The molecule has 1 N–H and O–H groups in total. The van der Waals surface area contributed by atoms with Gasteiger partial charge in [-0.25, -0.2) is 14.6 Å². The quantitative estimate of drug-likeness (QED) is 0.807. The predicted molar refractivity (Wildman–Crippen MR) is 100 cm³/mol. The molecule has 7 nitrogen and oxygen atoms in total. The smallest absolute Gasteiger partial charge is 0.407 e. The number of nitrogens with zero attached hydrogens (tertiary/aromatic N) is 4. The lowest BCUT2D eigenvalue weighted by Gasteiger charge is -2.21. The Kier molecular flexibility index (Phi) is 6.36. The van der Waals surface area contributed by atoms with Gasteiger partial charge in [0.2, 0.25) is 0 Å². The average Bonchev–Trinajstić information content (AvgIpc) is 3.01. The molecule has 0 fully saturated rings. The maximum atomic E-state index is 11.7. The monoisotopic (exact) mass is 355 g/mol. The van der Waals surface area contributed by atoms with Gasteiger partial charge < -0.3 is 14.6 Å². The molecule has 2 rings (SSSR count). The van der Waals surface area contributed by atoms with Crippen molar-refractivity contribution in [3.63, 3.8) is 0 Å². The standard InChI is InChI=1S/C19H25N5O2/c1-19(2,3)26-18(25)22-10-11-23(5)13-17-12-21-14-24(17)16-8-6-15(20-4)7-9-16/h6-9,12,14H,10-11,13H2,1-3,5H3,(H,22,25). The Morgan fingerprint density at radius 3 is 2.65 bits per heavy atom. The lowest BCUT2D eigenvalue weighted by molar-refractivity contribution is 0.0523. The fourth-order valence-electron chi connectivity index (χ4n) is 2.38.